The number of anilines is 1. The predicted molar refractivity (Wildman–Crippen MR) is 81.1 cm³/mol. The largest absolute Gasteiger partial charge is 0.393 e. The van der Waals surface area contributed by atoms with Gasteiger partial charge in [0.25, 0.3) is 5.69 Å². The highest BCUT2D eigenvalue weighted by Gasteiger charge is 2.23. The molecule has 0 aromatic heterocycles. The van der Waals surface area contributed by atoms with Gasteiger partial charge < -0.3 is 10.0 Å². The van der Waals surface area contributed by atoms with Crippen LogP contribution in [0.15, 0.2) is 24.3 Å². The van der Waals surface area contributed by atoms with E-state index in [-0.39, 0.29) is 17.7 Å². The van der Waals surface area contributed by atoms with Crippen LogP contribution in [-0.4, -0.2) is 29.2 Å². The molecule has 1 aromatic rings. The van der Waals surface area contributed by atoms with Crippen LogP contribution in [0.3, 0.4) is 0 Å². The highest BCUT2D eigenvalue weighted by molar-refractivity contribution is 5.51. The maximum Gasteiger partial charge on any atom is 0.269 e. The number of aliphatic hydroxyl groups excluding tert-OH is 1. The number of nitrogens with zero attached hydrogens (tertiary/aromatic N) is 2. The van der Waals surface area contributed by atoms with E-state index in [4.69, 9.17) is 0 Å². The van der Waals surface area contributed by atoms with E-state index in [2.05, 4.69) is 4.90 Å². The molecule has 2 unspecified atom stereocenters. The SMILES string of the molecule is CC.CC(O)C1CCCN(c2ccc([N+](=O)[O-])cc2)C1. The monoisotopic (exact) mass is 280 g/mol. The summed E-state index contributed by atoms with van der Waals surface area (Å²) in [4.78, 5) is 12.4. The van der Waals surface area contributed by atoms with Crippen LogP contribution in [0.1, 0.15) is 33.6 Å². The Morgan fingerprint density at radius 1 is 1.35 bits per heavy atom. The number of benzene rings is 1. The summed E-state index contributed by atoms with van der Waals surface area (Å²) in [6.07, 6.45) is 1.79. The second-order valence-electron chi connectivity index (χ2n) is 4.86. The summed E-state index contributed by atoms with van der Waals surface area (Å²) in [6, 6.07) is 6.62. The van der Waals surface area contributed by atoms with Gasteiger partial charge >= 0.3 is 0 Å². The Labute approximate surface area is 120 Å². The Balaban J connectivity index is 0.000000956. The molecule has 1 aromatic carbocycles. The standard InChI is InChI=1S/C13H18N2O3.C2H6/c1-10(16)11-3-2-8-14(9-11)12-4-6-13(7-5-12)15(17)18;1-2/h4-7,10-11,16H,2-3,8-9H2,1H3;1-2H3. The quantitative estimate of drug-likeness (QED) is 0.682. The van der Waals surface area contributed by atoms with E-state index in [0.717, 1.165) is 31.6 Å². The zero-order valence-electron chi connectivity index (χ0n) is 12.5. The van der Waals surface area contributed by atoms with Gasteiger partial charge in [0.1, 0.15) is 0 Å². The fourth-order valence-corrected chi connectivity index (χ4v) is 2.42. The lowest BCUT2D eigenvalue weighted by atomic mass is 9.93. The summed E-state index contributed by atoms with van der Waals surface area (Å²) in [6.45, 7) is 7.58. The van der Waals surface area contributed by atoms with E-state index in [1.807, 2.05) is 20.8 Å². The molecule has 1 heterocycles. The van der Waals surface area contributed by atoms with Gasteiger partial charge in [0.2, 0.25) is 0 Å². The average molecular weight is 280 g/mol. The van der Waals surface area contributed by atoms with Crippen LogP contribution in [0.5, 0.6) is 0 Å². The molecule has 1 aliphatic rings. The second kappa shape index (κ2) is 7.85. The van der Waals surface area contributed by atoms with Gasteiger partial charge in [-0.1, -0.05) is 13.8 Å². The molecule has 2 atom stereocenters. The van der Waals surface area contributed by atoms with Gasteiger partial charge in [-0.05, 0) is 31.9 Å². The summed E-state index contributed by atoms with van der Waals surface area (Å²) < 4.78 is 0. The van der Waals surface area contributed by atoms with Crippen molar-refractivity contribution in [3.05, 3.63) is 34.4 Å². The van der Waals surface area contributed by atoms with Crippen molar-refractivity contribution in [2.75, 3.05) is 18.0 Å². The third-order valence-corrected chi connectivity index (χ3v) is 3.57. The number of rotatable bonds is 3. The summed E-state index contributed by atoms with van der Waals surface area (Å²) in [7, 11) is 0. The minimum absolute atomic E-state index is 0.114. The third kappa shape index (κ3) is 4.20. The number of hydrogen-bond acceptors (Lipinski definition) is 4. The Morgan fingerprint density at radius 2 is 1.95 bits per heavy atom. The number of nitro groups is 1. The van der Waals surface area contributed by atoms with Crippen molar-refractivity contribution in [1.82, 2.24) is 0 Å². The number of aliphatic hydroxyl groups is 1. The molecule has 0 radical (unpaired) electrons. The first kappa shape index (κ1) is 16.4. The molecular formula is C15H24N2O3. The van der Waals surface area contributed by atoms with E-state index in [9.17, 15) is 15.2 Å². The van der Waals surface area contributed by atoms with Crippen LogP contribution in [0.4, 0.5) is 11.4 Å². The third-order valence-electron chi connectivity index (χ3n) is 3.57. The molecule has 112 valence electrons. The first-order valence-corrected chi connectivity index (χ1v) is 7.25. The minimum atomic E-state index is -0.390. The van der Waals surface area contributed by atoms with Gasteiger partial charge in [-0.15, -0.1) is 0 Å². The molecule has 0 saturated carbocycles. The van der Waals surface area contributed by atoms with Crippen LogP contribution in [0, 0.1) is 16.0 Å². The molecule has 0 spiro atoms. The van der Waals surface area contributed by atoms with E-state index in [1.54, 1.807) is 12.1 Å². The van der Waals surface area contributed by atoms with Crippen LogP contribution in [0.2, 0.25) is 0 Å². The van der Waals surface area contributed by atoms with Crippen molar-refractivity contribution >= 4 is 11.4 Å². The highest BCUT2D eigenvalue weighted by Crippen LogP contribution is 2.26. The van der Waals surface area contributed by atoms with Gasteiger partial charge in [0.05, 0.1) is 11.0 Å². The van der Waals surface area contributed by atoms with Gasteiger partial charge in [-0.2, -0.15) is 0 Å². The smallest absolute Gasteiger partial charge is 0.269 e. The molecule has 0 bridgehead atoms. The lowest BCUT2D eigenvalue weighted by Gasteiger charge is -2.35. The first-order valence-electron chi connectivity index (χ1n) is 7.25. The lowest BCUT2D eigenvalue weighted by Crippen LogP contribution is -2.39. The first-order chi connectivity index (χ1) is 9.58. The summed E-state index contributed by atoms with van der Waals surface area (Å²) in [5.41, 5.74) is 1.11. The van der Waals surface area contributed by atoms with Crippen molar-refractivity contribution in [2.45, 2.75) is 39.7 Å². The van der Waals surface area contributed by atoms with Gasteiger partial charge in [0.15, 0.2) is 0 Å². The van der Waals surface area contributed by atoms with Gasteiger partial charge in [0, 0.05) is 36.8 Å². The molecule has 5 heteroatoms. The van der Waals surface area contributed by atoms with E-state index >= 15 is 0 Å². The summed E-state index contributed by atoms with van der Waals surface area (Å²) in [5.74, 6) is 0.286. The van der Waals surface area contributed by atoms with E-state index in [0.29, 0.717) is 0 Å². The number of nitro benzene ring substituents is 1. The molecule has 1 saturated heterocycles. The Bertz CT molecular complexity index is 418. The molecule has 5 nitrogen and oxygen atoms in total. The van der Waals surface area contributed by atoms with Gasteiger partial charge in [-0.25, -0.2) is 0 Å². The minimum Gasteiger partial charge on any atom is -0.393 e. The topological polar surface area (TPSA) is 66.6 Å². The van der Waals surface area contributed by atoms with E-state index in [1.165, 1.54) is 12.1 Å². The van der Waals surface area contributed by atoms with Crippen LogP contribution in [0.25, 0.3) is 0 Å². The zero-order valence-corrected chi connectivity index (χ0v) is 12.5. The Kier molecular flexibility index (Phi) is 6.45. The molecule has 0 amide bonds. The number of non-ortho nitro benzene ring substituents is 1. The maximum absolute atomic E-state index is 10.6. The highest BCUT2D eigenvalue weighted by atomic mass is 16.6. The zero-order chi connectivity index (χ0) is 15.1. The van der Waals surface area contributed by atoms with Gasteiger partial charge in [-0.3, -0.25) is 10.1 Å². The normalized spacial score (nSPS) is 19.8. The maximum atomic E-state index is 10.6. The van der Waals surface area contributed by atoms with Crippen molar-refractivity contribution < 1.29 is 10.0 Å². The lowest BCUT2D eigenvalue weighted by molar-refractivity contribution is -0.384. The fourth-order valence-electron chi connectivity index (χ4n) is 2.42. The van der Waals surface area contributed by atoms with Crippen molar-refractivity contribution in [3.63, 3.8) is 0 Å². The van der Waals surface area contributed by atoms with Crippen LogP contribution in [-0.2, 0) is 0 Å². The number of hydrogen-bond donors (Lipinski definition) is 1. The van der Waals surface area contributed by atoms with Crippen LogP contribution >= 0.6 is 0 Å². The van der Waals surface area contributed by atoms with E-state index < -0.39 is 4.92 Å². The molecule has 1 aliphatic heterocycles. The van der Waals surface area contributed by atoms with Crippen LogP contribution < -0.4 is 4.90 Å². The second-order valence-corrected chi connectivity index (χ2v) is 4.86. The molecule has 2 rings (SSSR count). The molecule has 1 N–H and O–H groups in total. The average Bonchev–Trinajstić information content (AvgIpc) is 2.49. The summed E-state index contributed by atoms with van der Waals surface area (Å²) >= 11 is 0. The Morgan fingerprint density at radius 3 is 2.45 bits per heavy atom. The van der Waals surface area contributed by atoms with Crippen molar-refractivity contribution in [2.24, 2.45) is 5.92 Å². The molecule has 20 heavy (non-hydrogen) atoms. The predicted octanol–water partition coefficient (Wildman–Crippen LogP) is 3.22. The number of piperidine rings is 1. The fraction of sp³-hybridized carbons (Fsp3) is 0.600. The Hall–Kier alpha value is -1.62. The summed E-state index contributed by atoms with van der Waals surface area (Å²) in [5, 5.41) is 20.2. The molecule has 0 aliphatic carbocycles. The molecular weight excluding hydrogens is 256 g/mol. The molecule has 1 fully saturated rings. The van der Waals surface area contributed by atoms with Crippen molar-refractivity contribution in [3.8, 4) is 0 Å². The van der Waals surface area contributed by atoms with Crippen molar-refractivity contribution in [1.29, 1.82) is 0 Å².